The summed E-state index contributed by atoms with van der Waals surface area (Å²) in [6, 6.07) is 2.15. The standard InChI is InChI=1S/C11H12ClN3/c12-11-10-9(13-7-14-11)6-8-4-2-1-3-5-15(8)10/h6-7H,1-5H2. The van der Waals surface area contributed by atoms with E-state index in [1.807, 2.05) is 0 Å². The van der Waals surface area contributed by atoms with Gasteiger partial charge in [0.1, 0.15) is 11.8 Å². The first-order valence-electron chi connectivity index (χ1n) is 5.35. The van der Waals surface area contributed by atoms with E-state index in [-0.39, 0.29) is 0 Å². The number of aromatic nitrogens is 3. The van der Waals surface area contributed by atoms with Crippen LogP contribution in [0.3, 0.4) is 0 Å². The lowest BCUT2D eigenvalue weighted by molar-refractivity contribution is 0.648. The maximum atomic E-state index is 6.12. The van der Waals surface area contributed by atoms with E-state index in [1.165, 1.54) is 31.3 Å². The molecule has 3 heterocycles. The Hall–Kier alpha value is -1.09. The molecule has 2 aromatic heterocycles. The number of fused-ring (bicyclic) bond motifs is 3. The predicted octanol–water partition coefficient (Wildman–Crippen LogP) is 2.81. The minimum absolute atomic E-state index is 0.577. The summed E-state index contributed by atoms with van der Waals surface area (Å²) in [5, 5.41) is 0.577. The van der Waals surface area contributed by atoms with Crippen molar-refractivity contribution >= 4 is 22.6 Å². The summed E-state index contributed by atoms with van der Waals surface area (Å²) in [5.74, 6) is 0. The van der Waals surface area contributed by atoms with Gasteiger partial charge in [0.05, 0.1) is 5.52 Å². The van der Waals surface area contributed by atoms with Crippen molar-refractivity contribution in [1.82, 2.24) is 14.5 Å². The van der Waals surface area contributed by atoms with Crippen LogP contribution < -0.4 is 0 Å². The van der Waals surface area contributed by atoms with Gasteiger partial charge in [-0.1, -0.05) is 18.0 Å². The molecule has 0 spiro atoms. The molecule has 0 fully saturated rings. The molecular formula is C11H12ClN3. The van der Waals surface area contributed by atoms with E-state index in [0.29, 0.717) is 5.15 Å². The fourth-order valence-electron chi connectivity index (χ4n) is 2.32. The quantitative estimate of drug-likeness (QED) is 0.641. The van der Waals surface area contributed by atoms with Crippen LogP contribution in [-0.4, -0.2) is 14.5 Å². The van der Waals surface area contributed by atoms with Gasteiger partial charge in [-0.2, -0.15) is 0 Å². The number of hydrogen-bond acceptors (Lipinski definition) is 2. The Morgan fingerprint density at radius 2 is 2.13 bits per heavy atom. The lowest BCUT2D eigenvalue weighted by atomic mass is 10.2. The molecule has 0 amide bonds. The minimum Gasteiger partial charge on any atom is -0.341 e. The maximum Gasteiger partial charge on any atom is 0.156 e. The number of halogens is 1. The summed E-state index contributed by atoms with van der Waals surface area (Å²) in [6.07, 6.45) is 6.45. The Morgan fingerprint density at radius 1 is 1.20 bits per heavy atom. The average molecular weight is 222 g/mol. The fourth-order valence-corrected chi connectivity index (χ4v) is 2.56. The number of rotatable bonds is 0. The number of aryl methyl sites for hydroxylation is 2. The normalized spacial score (nSPS) is 16.3. The predicted molar refractivity (Wildman–Crippen MR) is 60.1 cm³/mol. The SMILES string of the molecule is Clc1ncnc2cc3n(c12)CCCCC3. The summed E-state index contributed by atoms with van der Waals surface area (Å²) in [4.78, 5) is 8.31. The molecule has 0 unspecified atom stereocenters. The number of hydrogen-bond donors (Lipinski definition) is 0. The second-order valence-electron chi connectivity index (χ2n) is 4.00. The molecule has 0 saturated carbocycles. The van der Waals surface area contributed by atoms with Gasteiger partial charge < -0.3 is 4.57 Å². The smallest absolute Gasteiger partial charge is 0.156 e. The Bertz CT molecular complexity index is 504. The molecule has 0 atom stereocenters. The Balaban J connectivity index is 2.29. The molecule has 2 aromatic rings. The Morgan fingerprint density at radius 3 is 3.07 bits per heavy atom. The van der Waals surface area contributed by atoms with Crippen molar-refractivity contribution in [2.75, 3.05) is 0 Å². The van der Waals surface area contributed by atoms with Crippen molar-refractivity contribution in [2.45, 2.75) is 32.2 Å². The highest BCUT2D eigenvalue weighted by Crippen LogP contribution is 2.27. The van der Waals surface area contributed by atoms with Crippen LogP contribution in [0.5, 0.6) is 0 Å². The van der Waals surface area contributed by atoms with Crippen LogP contribution in [-0.2, 0) is 13.0 Å². The van der Waals surface area contributed by atoms with E-state index in [1.54, 1.807) is 0 Å². The maximum absolute atomic E-state index is 6.12. The first kappa shape index (κ1) is 9.16. The molecule has 15 heavy (non-hydrogen) atoms. The first-order chi connectivity index (χ1) is 7.36. The second-order valence-corrected chi connectivity index (χ2v) is 4.35. The van der Waals surface area contributed by atoms with E-state index < -0.39 is 0 Å². The summed E-state index contributed by atoms with van der Waals surface area (Å²) in [6.45, 7) is 1.05. The van der Waals surface area contributed by atoms with Crippen LogP contribution in [0.25, 0.3) is 11.0 Å². The van der Waals surface area contributed by atoms with Crippen LogP contribution in [0.1, 0.15) is 25.0 Å². The van der Waals surface area contributed by atoms with Gasteiger partial charge in [0.15, 0.2) is 5.15 Å². The lowest BCUT2D eigenvalue weighted by Gasteiger charge is -2.05. The Labute approximate surface area is 93.1 Å². The summed E-state index contributed by atoms with van der Waals surface area (Å²) >= 11 is 6.12. The monoisotopic (exact) mass is 221 g/mol. The minimum atomic E-state index is 0.577. The average Bonchev–Trinajstić information content (AvgIpc) is 2.43. The molecule has 0 aliphatic carbocycles. The number of nitrogens with zero attached hydrogens (tertiary/aromatic N) is 3. The zero-order valence-electron chi connectivity index (χ0n) is 8.41. The van der Waals surface area contributed by atoms with E-state index in [4.69, 9.17) is 11.6 Å². The van der Waals surface area contributed by atoms with Crippen molar-refractivity contribution in [2.24, 2.45) is 0 Å². The third-order valence-corrected chi connectivity index (χ3v) is 3.32. The van der Waals surface area contributed by atoms with E-state index in [9.17, 15) is 0 Å². The summed E-state index contributed by atoms with van der Waals surface area (Å²) < 4.78 is 2.28. The fraction of sp³-hybridized carbons (Fsp3) is 0.455. The van der Waals surface area contributed by atoms with Gasteiger partial charge in [-0.15, -0.1) is 0 Å². The highest BCUT2D eigenvalue weighted by atomic mass is 35.5. The van der Waals surface area contributed by atoms with Gasteiger partial charge in [0.2, 0.25) is 0 Å². The van der Waals surface area contributed by atoms with E-state index in [2.05, 4.69) is 20.6 Å². The summed E-state index contributed by atoms with van der Waals surface area (Å²) in [7, 11) is 0. The van der Waals surface area contributed by atoms with Gasteiger partial charge in [0, 0.05) is 12.2 Å². The first-order valence-corrected chi connectivity index (χ1v) is 5.72. The molecule has 0 N–H and O–H groups in total. The second kappa shape index (κ2) is 3.49. The largest absolute Gasteiger partial charge is 0.341 e. The van der Waals surface area contributed by atoms with Crippen molar-refractivity contribution in [1.29, 1.82) is 0 Å². The van der Waals surface area contributed by atoms with Crippen molar-refractivity contribution < 1.29 is 0 Å². The summed E-state index contributed by atoms with van der Waals surface area (Å²) in [5.41, 5.74) is 3.34. The lowest BCUT2D eigenvalue weighted by Crippen LogP contribution is -2.00. The molecule has 3 rings (SSSR count). The highest BCUT2D eigenvalue weighted by molar-refractivity contribution is 6.33. The molecule has 1 aliphatic heterocycles. The van der Waals surface area contributed by atoms with Gasteiger partial charge in [0.25, 0.3) is 0 Å². The molecule has 1 aliphatic rings. The van der Waals surface area contributed by atoms with Gasteiger partial charge in [-0.05, 0) is 25.3 Å². The molecule has 78 valence electrons. The third-order valence-electron chi connectivity index (χ3n) is 3.04. The van der Waals surface area contributed by atoms with Gasteiger partial charge in [-0.3, -0.25) is 0 Å². The van der Waals surface area contributed by atoms with Crippen LogP contribution in [0.4, 0.5) is 0 Å². The van der Waals surface area contributed by atoms with Crippen LogP contribution in [0, 0.1) is 0 Å². The van der Waals surface area contributed by atoms with Crippen LogP contribution in [0.15, 0.2) is 12.4 Å². The van der Waals surface area contributed by atoms with Crippen molar-refractivity contribution in [3.05, 3.63) is 23.2 Å². The van der Waals surface area contributed by atoms with Crippen LogP contribution in [0.2, 0.25) is 5.15 Å². The molecule has 4 heteroatoms. The zero-order valence-corrected chi connectivity index (χ0v) is 9.17. The molecule has 0 radical (unpaired) electrons. The third kappa shape index (κ3) is 1.42. The van der Waals surface area contributed by atoms with Gasteiger partial charge >= 0.3 is 0 Å². The topological polar surface area (TPSA) is 30.7 Å². The molecule has 3 nitrogen and oxygen atoms in total. The Kier molecular flexibility index (Phi) is 2.13. The zero-order chi connectivity index (χ0) is 10.3. The molecule has 0 bridgehead atoms. The van der Waals surface area contributed by atoms with Gasteiger partial charge in [-0.25, -0.2) is 9.97 Å². The van der Waals surface area contributed by atoms with E-state index in [0.717, 1.165) is 24.0 Å². The van der Waals surface area contributed by atoms with Crippen LogP contribution >= 0.6 is 11.6 Å². The van der Waals surface area contributed by atoms with E-state index >= 15 is 0 Å². The molecule has 0 saturated heterocycles. The van der Waals surface area contributed by atoms with Crippen molar-refractivity contribution in [3.63, 3.8) is 0 Å². The van der Waals surface area contributed by atoms with Crippen molar-refractivity contribution in [3.8, 4) is 0 Å². The molecule has 0 aromatic carbocycles. The molecular weight excluding hydrogens is 210 g/mol. The highest BCUT2D eigenvalue weighted by Gasteiger charge is 2.14.